The number of amides is 1. The number of hydrogen-bond acceptors (Lipinski definition) is 2. The second-order valence-electron chi connectivity index (χ2n) is 6.25. The molecule has 3 rings (SSSR count). The van der Waals surface area contributed by atoms with Crippen LogP contribution in [0.4, 0.5) is 4.39 Å². The van der Waals surface area contributed by atoms with Crippen LogP contribution in [0.25, 0.3) is 0 Å². The summed E-state index contributed by atoms with van der Waals surface area (Å²) in [4.78, 5) is 12.3. The zero-order valence-corrected chi connectivity index (χ0v) is 13.0. The second-order valence-corrected chi connectivity index (χ2v) is 6.25. The summed E-state index contributed by atoms with van der Waals surface area (Å²) in [6.07, 6.45) is 3.12. The van der Waals surface area contributed by atoms with Crippen molar-refractivity contribution in [1.29, 1.82) is 0 Å². The molecule has 23 heavy (non-hydrogen) atoms. The Morgan fingerprint density at radius 2 is 1.78 bits per heavy atom. The SMILES string of the molecule is NC(C(=O)NCC1(c2ccc(F)cc2)CCC1)c1ccccc1. The zero-order chi connectivity index (χ0) is 16.3. The molecule has 3 N–H and O–H groups in total. The van der Waals surface area contributed by atoms with Gasteiger partial charge in [0.2, 0.25) is 5.91 Å². The Hall–Kier alpha value is -2.20. The van der Waals surface area contributed by atoms with Gasteiger partial charge in [0.15, 0.2) is 0 Å². The van der Waals surface area contributed by atoms with Crippen molar-refractivity contribution in [1.82, 2.24) is 5.32 Å². The molecule has 0 heterocycles. The predicted octanol–water partition coefficient (Wildman–Crippen LogP) is 3.06. The van der Waals surface area contributed by atoms with E-state index in [0.717, 1.165) is 30.4 Å². The van der Waals surface area contributed by atoms with Crippen LogP contribution in [0.5, 0.6) is 0 Å². The first-order valence-electron chi connectivity index (χ1n) is 7.95. The van der Waals surface area contributed by atoms with Gasteiger partial charge in [0.25, 0.3) is 0 Å². The van der Waals surface area contributed by atoms with Gasteiger partial charge in [-0.25, -0.2) is 4.39 Å². The van der Waals surface area contributed by atoms with Gasteiger partial charge in [-0.1, -0.05) is 48.9 Å². The largest absolute Gasteiger partial charge is 0.354 e. The number of benzene rings is 2. The summed E-state index contributed by atoms with van der Waals surface area (Å²) in [6, 6.07) is 15.3. The van der Waals surface area contributed by atoms with Crippen molar-refractivity contribution in [2.24, 2.45) is 5.73 Å². The third kappa shape index (κ3) is 3.27. The Morgan fingerprint density at radius 1 is 1.13 bits per heavy atom. The fourth-order valence-corrected chi connectivity index (χ4v) is 3.15. The highest BCUT2D eigenvalue weighted by molar-refractivity contribution is 5.83. The highest BCUT2D eigenvalue weighted by atomic mass is 19.1. The first kappa shape index (κ1) is 15.7. The predicted molar refractivity (Wildman–Crippen MR) is 88.3 cm³/mol. The number of halogens is 1. The standard InChI is InChI=1S/C19H21FN2O/c20-16-9-7-15(8-10-16)19(11-4-12-19)13-22-18(23)17(21)14-5-2-1-3-6-14/h1-3,5-10,17H,4,11-13,21H2,(H,22,23). The van der Waals surface area contributed by atoms with Crippen molar-refractivity contribution in [3.05, 3.63) is 71.5 Å². The molecule has 0 aromatic heterocycles. The van der Waals surface area contributed by atoms with Gasteiger partial charge in [0.05, 0.1) is 0 Å². The number of carbonyl (C=O) groups is 1. The van der Waals surface area contributed by atoms with Gasteiger partial charge in [-0.05, 0) is 36.1 Å². The van der Waals surface area contributed by atoms with Gasteiger partial charge >= 0.3 is 0 Å². The average Bonchev–Trinajstić information content (AvgIpc) is 2.55. The van der Waals surface area contributed by atoms with E-state index in [1.165, 1.54) is 12.1 Å². The van der Waals surface area contributed by atoms with Gasteiger partial charge in [0, 0.05) is 12.0 Å². The summed E-state index contributed by atoms with van der Waals surface area (Å²) in [7, 11) is 0. The Morgan fingerprint density at radius 3 is 2.35 bits per heavy atom. The number of carbonyl (C=O) groups excluding carboxylic acids is 1. The van der Waals surface area contributed by atoms with E-state index < -0.39 is 6.04 Å². The molecule has 1 atom stereocenters. The molecule has 2 aromatic rings. The molecule has 0 spiro atoms. The average molecular weight is 312 g/mol. The Labute approximate surface area is 135 Å². The van der Waals surface area contributed by atoms with Crippen LogP contribution < -0.4 is 11.1 Å². The van der Waals surface area contributed by atoms with Gasteiger partial charge in [-0.15, -0.1) is 0 Å². The topological polar surface area (TPSA) is 55.1 Å². The van der Waals surface area contributed by atoms with E-state index in [9.17, 15) is 9.18 Å². The van der Waals surface area contributed by atoms with E-state index >= 15 is 0 Å². The molecule has 1 amide bonds. The van der Waals surface area contributed by atoms with Crippen LogP contribution in [0.15, 0.2) is 54.6 Å². The van der Waals surface area contributed by atoms with Crippen LogP contribution in [0.3, 0.4) is 0 Å². The summed E-state index contributed by atoms with van der Waals surface area (Å²) < 4.78 is 13.1. The second kappa shape index (κ2) is 6.50. The summed E-state index contributed by atoms with van der Waals surface area (Å²) in [6.45, 7) is 0.540. The summed E-state index contributed by atoms with van der Waals surface area (Å²) >= 11 is 0. The highest BCUT2D eigenvalue weighted by Crippen LogP contribution is 2.43. The maximum Gasteiger partial charge on any atom is 0.241 e. The lowest BCUT2D eigenvalue weighted by Gasteiger charge is -2.42. The number of hydrogen-bond donors (Lipinski definition) is 2. The molecule has 0 radical (unpaired) electrons. The van der Waals surface area contributed by atoms with Crippen molar-refractivity contribution in [3.63, 3.8) is 0 Å². The van der Waals surface area contributed by atoms with Gasteiger partial charge in [0.1, 0.15) is 11.9 Å². The minimum atomic E-state index is -0.665. The number of nitrogens with two attached hydrogens (primary N) is 1. The quantitative estimate of drug-likeness (QED) is 0.891. The molecule has 0 bridgehead atoms. The third-order valence-corrected chi connectivity index (χ3v) is 4.81. The van der Waals surface area contributed by atoms with E-state index in [1.54, 1.807) is 0 Å². The van der Waals surface area contributed by atoms with Crippen LogP contribution in [0.1, 0.15) is 36.4 Å². The van der Waals surface area contributed by atoms with Crippen molar-refractivity contribution in [2.45, 2.75) is 30.7 Å². The summed E-state index contributed by atoms with van der Waals surface area (Å²) in [5.41, 5.74) is 7.82. The molecule has 120 valence electrons. The van der Waals surface area contributed by atoms with Crippen LogP contribution in [0.2, 0.25) is 0 Å². The monoisotopic (exact) mass is 312 g/mol. The fourth-order valence-electron chi connectivity index (χ4n) is 3.15. The molecular weight excluding hydrogens is 291 g/mol. The molecule has 4 heteroatoms. The van der Waals surface area contributed by atoms with E-state index in [1.807, 2.05) is 42.5 Å². The van der Waals surface area contributed by atoms with E-state index in [4.69, 9.17) is 5.73 Å². The minimum Gasteiger partial charge on any atom is -0.354 e. The fraction of sp³-hybridized carbons (Fsp3) is 0.316. The smallest absolute Gasteiger partial charge is 0.241 e. The molecule has 1 aliphatic rings. The molecule has 1 unspecified atom stereocenters. The molecule has 2 aromatic carbocycles. The maximum atomic E-state index is 13.1. The normalized spacial score (nSPS) is 17.1. The molecule has 1 fully saturated rings. The van der Waals surface area contributed by atoms with Crippen LogP contribution >= 0.6 is 0 Å². The zero-order valence-electron chi connectivity index (χ0n) is 13.0. The summed E-state index contributed by atoms with van der Waals surface area (Å²) in [5, 5.41) is 2.98. The lowest BCUT2D eigenvalue weighted by atomic mass is 9.64. The van der Waals surface area contributed by atoms with Gasteiger partial charge in [-0.2, -0.15) is 0 Å². The van der Waals surface area contributed by atoms with Crippen molar-refractivity contribution >= 4 is 5.91 Å². The maximum absolute atomic E-state index is 13.1. The first-order valence-corrected chi connectivity index (χ1v) is 7.95. The lowest BCUT2D eigenvalue weighted by Crippen LogP contribution is -2.47. The number of rotatable bonds is 5. The first-order chi connectivity index (χ1) is 11.1. The Balaban J connectivity index is 1.66. The molecule has 1 saturated carbocycles. The molecule has 1 aliphatic carbocycles. The molecule has 0 aliphatic heterocycles. The van der Waals surface area contributed by atoms with Crippen LogP contribution in [-0.2, 0) is 10.2 Å². The van der Waals surface area contributed by atoms with Crippen LogP contribution in [0, 0.1) is 5.82 Å². The minimum absolute atomic E-state index is 0.0836. The molecular formula is C19H21FN2O. The van der Waals surface area contributed by atoms with Crippen LogP contribution in [-0.4, -0.2) is 12.5 Å². The van der Waals surface area contributed by atoms with E-state index in [-0.39, 0.29) is 17.1 Å². The Bertz CT molecular complexity index is 666. The van der Waals surface area contributed by atoms with Gasteiger partial charge < -0.3 is 11.1 Å². The van der Waals surface area contributed by atoms with Crippen molar-refractivity contribution in [2.75, 3.05) is 6.54 Å². The molecule has 0 saturated heterocycles. The van der Waals surface area contributed by atoms with E-state index in [0.29, 0.717) is 6.54 Å². The Kier molecular flexibility index (Phi) is 4.44. The van der Waals surface area contributed by atoms with Crippen molar-refractivity contribution in [3.8, 4) is 0 Å². The van der Waals surface area contributed by atoms with Gasteiger partial charge in [-0.3, -0.25) is 4.79 Å². The highest BCUT2D eigenvalue weighted by Gasteiger charge is 2.39. The van der Waals surface area contributed by atoms with Crippen molar-refractivity contribution < 1.29 is 9.18 Å². The number of nitrogens with one attached hydrogen (secondary N) is 1. The lowest BCUT2D eigenvalue weighted by molar-refractivity contribution is -0.122. The van der Waals surface area contributed by atoms with E-state index in [2.05, 4.69) is 5.32 Å². The molecule has 3 nitrogen and oxygen atoms in total. The summed E-state index contributed by atoms with van der Waals surface area (Å²) in [5.74, 6) is -0.414. The third-order valence-electron chi connectivity index (χ3n) is 4.81.